The zero-order valence-corrected chi connectivity index (χ0v) is 18.4. The van der Waals surface area contributed by atoms with E-state index in [0.717, 1.165) is 31.4 Å². The lowest BCUT2D eigenvalue weighted by atomic mass is 10.1. The van der Waals surface area contributed by atoms with Crippen LogP contribution < -0.4 is 9.47 Å². The third-order valence-corrected chi connectivity index (χ3v) is 6.34. The van der Waals surface area contributed by atoms with Crippen LogP contribution in [0.25, 0.3) is 0 Å². The monoisotopic (exact) mass is 411 g/mol. The number of fused-ring (bicyclic) bond motifs is 1. The highest BCUT2D eigenvalue weighted by molar-refractivity contribution is 5.95. The molecule has 1 aromatic heterocycles. The topological polar surface area (TPSA) is 56.6 Å². The van der Waals surface area contributed by atoms with E-state index in [1.165, 1.54) is 30.5 Å². The number of carbonyl (C=O) groups excluding carboxylic acids is 1. The Morgan fingerprint density at radius 3 is 2.57 bits per heavy atom. The largest absolute Gasteiger partial charge is 0.490 e. The number of hydrogen-bond donors (Lipinski definition) is 0. The summed E-state index contributed by atoms with van der Waals surface area (Å²) in [5.41, 5.74) is 4.42. The van der Waals surface area contributed by atoms with Crippen molar-refractivity contribution in [1.82, 2.24) is 14.7 Å². The zero-order chi connectivity index (χ0) is 21.1. The minimum Gasteiger partial charge on any atom is -0.490 e. The maximum absolute atomic E-state index is 13.7. The van der Waals surface area contributed by atoms with Gasteiger partial charge in [-0.2, -0.15) is 5.10 Å². The first-order valence-corrected chi connectivity index (χ1v) is 11.4. The highest BCUT2D eigenvalue weighted by Gasteiger charge is 2.31. The van der Waals surface area contributed by atoms with Gasteiger partial charge in [-0.1, -0.05) is 12.8 Å². The van der Waals surface area contributed by atoms with Crippen LogP contribution >= 0.6 is 0 Å². The summed E-state index contributed by atoms with van der Waals surface area (Å²) in [5, 5.41) is 4.78. The number of aryl methyl sites for hydroxylation is 1. The molecule has 0 saturated heterocycles. The average molecular weight is 412 g/mol. The van der Waals surface area contributed by atoms with Gasteiger partial charge in [0, 0.05) is 24.3 Å². The quantitative estimate of drug-likeness (QED) is 0.650. The minimum absolute atomic E-state index is 0.0586. The van der Waals surface area contributed by atoms with Crippen molar-refractivity contribution < 1.29 is 14.3 Å². The van der Waals surface area contributed by atoms with Crippen LogP contribution in [0.1, 0.15) is 73.3 Å². The molecule has 2 aliphatic rings. The number of ether oxygens (including phenoxy) is 2. The van der Waals surface area contributed by atoms with Crippen molar-refractivity contribution in [2.45, 2.75) is 71.4 Å². The number of carbonyl (C=O) groups is 1. The van der Waals surface area contributed by atoms with Crippen LogP contribution in [0.3, 0.4) is 0 Å². The first-order chi connectivity index (χ1) is 14.6. The van der Waals surface area contributed by atoms with Crippen molar-refractivity contribution >= 4 is 5.91 Å². The fourth-order valence-electron chi connectivity index (χ4n) is 4.92. The summed E-state index contributed by atoms with van der Waals surface area (Å²) in [5.74, 6) is 1.38. The van der Waals surface area contributed by atoms with E-state index in [1.807, 2.05) is 43.8 Å². The lowest BCUT2D eigenvalue weighted by Gasteiger charge is -2.29. The Bertz CT molecular complexity index is 899. The number of hydrogen-bond acceptors (Lipinski definition) is 4. The number of aromatic nitrogens is 2. The Balaban J connectivity index is 1.63. The van der Waals surface area contributed by atoms with E-state index in [9.17, 15) is 4.79 Å². The molecule has 6 nitrogen and oxygen atoms in total. The third-order valence-electron chi connectivity index (χ3n) is 6.34. The minimum atomic E-state index is 0.0586. The van der Waals surface area contributed by atoms with E-state index in [4.69, 9.17) is 14.6 Å². The van der Waals surface area contributed by atoms with Gasteiger partial charge in [-0.15, -0.1) is 0 Å². The van der Waals surface area contributed by atoms with Gasteiger partial charge in [0.05, 0.1) is 25.5 Å². The van der Waals surface area contributed by atoms with Gasteiger partial charge < -0.3 is 14.4 Å². The fraction of sp³-hybridized carbons (Fsp3) is 0.583. The molecule has 0 unspecified atom stereocenters. The number of nitrogens with zero attached hydrogens (tertiary/aromatic N) is 3. The van der Waals surface area contributed by atoms with Crippen LogP contribution in [0, 0.1) is 0 Å². The molecule has 0 radical (unpaired) electrons. The van der Waals surface area contributed by atoms with Gasteiger partial charge in [-0.25, -0.2) is 0 Å². The average Bonchev–Trinajstić information content (AvgIpc) is 3.48. The second-order valence-corrected chi connectivity index (χ2v) is 8.25. The molecule has 162 valence electrons. The summed E-state index contributed by atoms with van der Waals surface area (Å²) < 4.78 is 13.4. The van der Waals surface area contributed by atoms with Crippen molar-refractivity contribution in [2.75, 3.05) is 13.2 Å². The van der Waals surface area contributed by atoms with Gasteiger partial charge in [0.25, 0.3) is 5.91 Å². The predicted molar refractivity (Wildman–Crippen MR) is 116 cm³/mol. The van der Waals surface area contributed by atoms with Crippen LogP contribution in [-0.4, -0.2) is 39.8 Å². The van der Waals surface area contributed by atoms with Gasteiger partial charge in [0.1, 0.15) is 0 Å². The molecule has 1 amide bonds. The molecule has 4 rings (SSSR count). The maximum atomic E-state index is 13.7. The Labute approximate surface area is 179 Å². The molecule has 6 heteroatoms. The second kappa shape index (κ2) is 9.11. The zero-order valence-electron chi connectivity index (χ0n) is 18.4. The van der Waals surface area contributed by atoms with E-state index in [-0.39, 0.29) is 11.9 Å². The predicted octanol–water partition coefficient (Wildman–Crippen LogP) is 4.29. The first-order valence-electron chi connectivity index (χ1n) is 11.4. The molecule has 1 fully saturated rings. The standard InChI is InChI=1S/C24H33N3O3/c1-4-29-22-14-13-17(15-23(22)30-5-2)24(28)27(18-9-6-7-10-18)16-20-19-11-8-12-21(19)26(3)25-20/h13-15,18H,4-12,16H2,1-3H3. The highest BCUT2D eigenvalue weighted by Crippen LogP contribution is 2.33. The van der Waals surface area contributed by atoms with E-state index in [0.29, 0.717) is 36.8 Å². The van der Waals surface area contributed by atoms with Crippen molar-refractivity contribution in [3.05, 3.63) is 40.7 Å². The van der Waals surface area contributed by atoms with E-state index in [2.05, 4.69) is 4.90 Å². The molecule has 0 atom stereocenters. The molecule has 1 aromatic carbocycles. The summed E-state index contributed by atoms with van der Waals surface area (Å²) in [6.07, 6.45) is 7.84. The van der Waals surface area contributed by atoms with E-state index in [1.54, 1.807) is 0 Å². The molecule has 0 bridgehead atoms. The summed E-state index contributed by atoms with van der Waals surface area (Å²) in [4.78, 5) is 15.7. The number of rotatable bonds is 8. The maximum Gasteiger partial charge on any atom is 0.254 e. The normalized spacial score (nSPS) is 16.0. The summed E-state index contributed by atoms with van der Waals surface area (Å²) in [7, 11) is 2.02. The molecule has 0 N–H and O–H groups in total. The van der Waals surface area contributed by atoms with Crippen LogP contribution in [0.15, 0.2) is 18.2 Å². The lowest BCUT2D eigenvalue weighted by Crippen LogP contribution is -2.38. The molecule has 30 heavy (non-hydrogen) atoms. The SMILES string of the molecule is CCOc1ccc(C(=O)N(Cc2nn(C)c3c2CCC3)C2CCCC2)cc1OCC. The molecule has 1 heterocycles. The van der Waals surface area contributed by atoms with Crippen LogP contribution in [0.5, 0.6) is 11.5 Å². The van der Waals surface area contributed by atoms with Crippen molar-refractivity contribution in [3.63, 3.8) is 0 Å². The van der Waals surface area contributed by atoms with Gasteiger partial charge in [-0.05, 0) is 69.7 Å². The number of benzene rings is 1. The van der Waals surface area contributed by atoms with Gasteiger partial charge in [0.2, 0.25) is 0 Å². The summed E-state index contributed by atoms with van der Waals surface area (Å²) in [6, 6.07) is 5.83. The molecule has 0 aliphatic heterocycles. The molecule has 2 aromatic rings. The molecule has 2 aliphatic carbocycles. The van der Waals surface area contributed by atoms with Gasteiger partial charge >= 0.3 is 0 Å². The molecular formula is C24H33N3O3. The van der Waals surface area contributed by atoms with E-state index >= 15 is 0 Å². The molecule has 1 saturated carbocycles. The van der Waals surface area contributed by atoms with E-state index < -0.39 is 0 Å². The Morgan fingerprint density at radius 2 is 1.83 bits per heavy atom. The van der Waals surface area contributed by atoms with Crippen molar-refractivity contribution in [1.29, 1.82) is 0 Å². The summed E-state index contributed by atoms with van der Waals surface area (Å²) in [6.45, 7) is 5.57. The lowest BCUT2D eigenvalue weighted by molar-refractivity contribution is 0.0660. The van der Waals surface area contributed by atoms with Gasteiger partial charge in [0.15, 0.2) is 11.5 Å². The third kappa shape index (κ3) is 4.05. The van der Waals surface area contributed by atoms with Crippen LogP contribution in [0.4, 0.5) is 0 Å². The molecule has 0 spiro atoms. The smallest absolute Gasteiger partial charge is 0.254 e. The Hall–Kier alpha value is -2.50. The highest BCUT2D eigenvalue weighted by atomic mass is 16.5. The van der Waals surface area contributed by atoms with Crippen molar-refractivity contribution in [3.8, 4) is 11.5 Å². The molecular weight excluding hydrogens is 378 g/mol. The van der Waals surface area contributed by atoms with Crippen LogP contribution in [0.2, 0.25) is 0 Å². The fourth-order valence-corrected chi connectivity index (χ4v) is 4.92. The Morgan fingerprint density at radius 1 is 1.10 bits per heavy atom. The second-order valence-electron chi connectivity index (χ2n) is 8.25. The summed E-state index contributed by atoms with van der Waals surface area (Å²) >= 11 is 0. The number of amides is 1. The first kappa shape index (κ1) is 20.8. The van der Waals surface area contributed by atoms with Crippen LogP contribution in [-0.2, 0) is 26.4 Å². The van der Waals surface area contributed by atoms with Gasteiger partial charge in [-0.3, -0.25) is 9.48 Å². The van der Waals surface area contributed by atoms with Crippen molar-refractivity contribution in [2.24, 2.45) is 7.05 Å². The Kier molecular flexibility index (Phi) is 6.30.